The van der Waals surface area contributed by atoms with Crippen LogP contribution in [0.5, 0.6) is 17.5 Å². The zero-order valence-corrected chi connectivity index (χ0v) is 20.4. The first-order valence-corrected chi connectivity index (χ1v) is 11.7. The van der Waals surface area contributed by atoms with Crippen molar-refractivity contribution in [2.75, 3.05) is 25.1 Å². The molecule has 4 rings (SSSR count). The van der Waals surface area contributed by atoms with Crippen LogP contribution in [0.1, 0.15) is 28.9 Å². The first kappa shape index (κ1) is 26.6. The smallest absolute Gasteiger partial charge is 0.425 e. The number of benzene rings is 2. The third kappa shape index (κ3) is 6.09. The number of carbonyl (C=O) groups is 1. The van der Waals surface area contributed by atoms with Gasteiger partial charge in [0.2, 0.25) is 6.35 Å². The number of fused-ring (bicyclic) bond motifs is 1. The maximum atomic E-state index is 13.5. The van der Waals surface area contributed by atoms with Crippen molar-refractivity contribution >= 4 is 23.3 Å². The molecule has 37 heavy (non-hydrogen) atoms. The molecular formula is C24H24ClF3N4O5. The molecule has 2 aromatic carbocycles. The number of hydrogen-bond donors (Lipinski definition) is 2. The fraction of sp³-hybridized carbons (Fsp3) is 0.333. The van der Waals surface area contributed by atoms with Gasteiger partial charge in [-0.05, 0) is 42.7 Å². The molecule has 0 saturated carbocycles. The standard InChI is InChI=1S/C24H24ClF3N4O5/c1-30-20-19(21(34)31(23(30)35)11-2-3-12-33)32(14-15-7-9-16(25)10-8-15)22(29-20)36-17-5-4-6-18(13-17)37-24(26,27)28/h4-10,13,23,33,35H,2-3,11-12,14H2,1H3. The van der Waals surface area contributed by atoms with Gasteiger partial charge in [-0.3, -0.25) is 14.3 Å². The summed E-state index contributed by atoms with van der Waals surface area (Å²) in [5, 5.41) is 20.4. The lowest BCUT2D eigenvalue weighted by atomic mass is 10.2. The molecule has 2 N–H and O–H groups in total. The number of rotatable bonds is 9. The Morgan fingerprint density at radius 2 is 1.81 bits per heavy atom. The monoisotopic (exact) mass is 540 g/mol. The minimum Gasteiger partial charge on any atom is -0.425 e. The van der Waals surface area contributed by atoms with Gasteiger partial charge in [-0.1, -0.05) is 29.8 Å². The lowest BCUT2D eigenvalue weighted by Gasteiger charge is -2.38. The van der Waals surface area contributed by atoms with Crippen LogP contribution in [0.25, 0.3) is 0 Å². The molecule has 1 aliphatic rings. The van der Waals surface area contributed by atoms with Gasteiger partial charge in [0.05, 0.1) is 6.54 Å². The number of anilines is 1. The van der Waals surface area contributed by atoms with Crippen LogP contribution in [0.4, 0.5) is 19.0 Å². The van der Waals surface area contributed by atoms with E-state index in [1.807, 2.05) is 0 Å². The van der Waals surface area contributed by atoms with Crippen molar-refractivity contribution in [2.24, 2.45) is 0 Å². The van der Waals surface area contributed by atoms with E-state index in [0.717, 1.165) is 17.7 Å². The van der Waals surface area contributed by atoms with E-state index < -0.39 is 24.4 Å². The molecule has 1 amide bonds. The molecule has 2 heterocycles. The molecule has 0 spiro atoms. The summed E-state index contributed by atoms with van der Waals surface area (Å²) in [5.74, 6) is -0.854. The van der Waals surface area contributed by atoms with Gasteiger partial charge in [0.25, 0.3) is 5.91 Å². The van der Waals surface area contributed by atoms with Gasteiger partial charge in [-0.25, -0.2) is 0 Å². The van der Waals surface area contributed by atoms with Gasteiger partial charge in [0, 0.05) is 31.3 Å². The lowest BCUT2D eigenvalue weighted by Crippen LogP contribution is -2.54. The number of imidazole rings is 1. The first-order chi connectivity index (χ1) is 17.6. The number of nitrogens with zero attached hydrogens (tertiary/aromatic N) is 4. The van der Waals surface area contributed by atoms with E-state index in [2.05, 4.69) is 9.72 Å². The van der Waals surface area contributed by atoms with E-state index in [1.165, 1.54) is 26.5 Å². The summed E-state index contributed by atoms with van der Waals surface area (Å²) in [4.78, 5) is 20.6. The second kappa shape index (κ2) is 10.9. The number of carbonyl (C=O) groups excluding carboxylic acids is 1. The highest BCUT2D eigenvalue weighted by Gasteiger charge is 2.40. The average molecular weight is 541 g/mol. The van der Waals surface area contributed by atoms with Crippen molar-refractivity contribution in [3.8, 4) is 17.5 Å². The third-order valence-electron chi connectivity index (χ3n) is 5.65. The Kier molecular flexibility index (Phi) is 7.81. The summed E-state index contributed by atoms with van der Waals surface area (Å²) in [7, 11) is 1.55. The Balaban J connectivity index is 1.74. The predicted molar refractivity (Wildman–Crippen MR) is 128 cm³/mol. The molecule has 13 heteroatoms. The highest BCUT2D eigenvalue weighted by molar-refractivity contribution is 6.30. The summed E-state index contributed by atoms with van der Waals surface area (Å²) in [6, 6.07) is 11.7. The molecular weight excluding hydrogens is 517 g/mol. The largest absolute Gasteiger partial charge is 0.573 e. The normalized spacial score (nSPS) is 15.6. The van der Waals surface area contributed by atoms with Crippen molar-refractivity contribution in [3.05, 3.63) is 64.8 Å². The highest BCUT2D eigenvalue weighted by Crippen LogP contribution is 2.36. The minimum absolute atomic E-state index is 0.00287. The van der Waals surface area contributed by atoms with Crippen LogP contribution in [0, 0.1) is 0 Å². The van der Waals surface area contributed by atoms with E-state index in [1.54, 1.807) is 31.3 Å². The number of alkyl halides is 3. The van der Waals surface area contributed by atoms with Crippen LogP contribution < -0.4 is 14.4 Å². The molecule has 0 aliphatic carbocycles. The molecule has 0 radical (unpaired) electrons. The molecule has 1 aromatic heterocycles. The highest BCUT2D eigenvalue weighted by atomic mass is 35.5. The number of halogens is 4. The molecule has 0 fully saturated rings. The Morgan fingerprint density at radius 1 is 1.11 bits per heavy atom. The van der Waals surface area contributed by atoms with Crippen LogP contribution >= 0.6 is 11.6 Å². The molecule has 1 atom stereocenters. The average Bonchev–Trinajstić information content (AvgIpc) is 3.18. The van der Waals surface area contributed by atoms with Crippen molar-refractivity contribution < 1.29 is 37.7 Å². The zero-order valence-electron chi connectivity index (χ0n) is 19.7. The van der Waals surface area contributed by atoms with E-state index in [-0.39, 0.29) is 43.0 Å². The third-order valence-corrected chi connectivity index (χ3v) is 5.90. The second-order valence-electron chi connectivity index (χ2n) is 8.29. The Morgan fingerprint density at radius 3 is 2.49 bits per heavy atom. The molecule has 0 saturated heterocycles. The van der Waals surface area contributed by atoms with Crippen LogP contribution in [0.2, 0.25) is 5.02 Å². The zero-order chi connectivity index (χ0) is 26.7. The van der Waals surface area contributed by atoms with E-state index >= 15 is 0 Å². The Labute approximate surface area is 215 Å². The summed E-state index contributed by atoms with van der Waals surface area (Å²) < 4.78 is 49.4. The van der Waals surface area contributed by atoms with Crippen molar-refractivity contribution in [2.45, 2.75) is 32.1 Å². The molecule has 1 unspecified atom stereocenters. The topological polar surface area (TPSA) is 100 Å². The van der Waals surface area contributed by atoms with Gasteiger partial charge < -0.3 is 24.6 Å². The van der Waals surface area contributed by atoms with Gasteiger partial charge in [0.15, 0.2) is 11.5 Å². The van der Waals surface area contributed by atoms with Crippen LogP contribution in [0.15, 0.2) is 48.5 Å². The number of hydrogen-bond acceptors (Lipinski definition) is 7. The van der Waals surface area contributed by atoms with Crippen LogP contribution in [-0.2, 0) is 6.54 Å². The van der Waals surface area contributed by atoms with Gasteiger partial charge in [-0.2, -0.15) is 4.98 Å². The van der Waals surface area contributed by atoms with E-state index in [0.29, 0.717) is 17.9 Å². The minimum atomic E-state index is -4.88. The quantitative estimate of drug-likeness (QED) is 0.392. The van der Waals surface area contributed by atoms with Crippen LogP contribution in [-0.4, -0.2) is 63.5 Å². The number of aliphatic hydroxyl groups excluding tert-OH is 2. The molecule has 1 aliphatic heterocycles. The Hall–Kier alpha value is -3.48. The number of unbranched alkanes of at least 4 members (excludes halogenated alkanes) is 1. The fourth-order valence-electron chi connectivity index (χ4n) is 3.88. The van der Waals surface area contributed by atoms with Crippen molar-refractivity contribution in [1.29, 1.82) is 0 Å². The number of aliphatic hydroxyl groups is 2. The summed E-state index contributed by atoms with van der Waals surface area (Å²) in [6.45, 7) is 0.250. The van der Waals surface area contributed by atoms with E-state index in [4.69, 9.17) is 21.4 Å². The summed E-state index contributed by atoms with van der Waals surface area (Å²) in [6.07, 6.45) is -5.28. The molecule has 0 bridgehead atoms. The maximum absolute atomic E-state index is 13.5. The van der Waals surface area contributed by atoms with Gasteiger partial charge in [0.1, 0.15) is 11.5 Å². The van der Waals surface area contributed by atoms with Crippen molar-refractivity contribution in [3.63, 3.8) is 0 Å². The lowest BCUT2D eigenvalue weighted by molar-refractivity contribution is -0.274. The van der Waals surface area contributed by atoms with Crippen molar-refractivity contribution in [1.82, 2.24) is 14.5 Å². The number of amides is 1. The molecule has 198 valence electrons. The summed E-state index contributed by atoms with van der Waals surface area (Å²) in [5.41, 5.74) is 0.876. The first-order valence-electron chi connectivity index (χ1n) is 11.3. The second-order valence-corrected chi connectivity index (χ2v) is 8.73. The number of aromatic nitrogens is 2. The maximum Gasteiger partial charge on any atom is 0.573 e. The SMILES string of the molecule is CN1c2nc(Oc3cccc(OC(F)(F)F)c3)n(Cc3ccc(Cl)cc3)c2C(=O)N(CCCCO)C1O. The molecule has 9 nitrogen and oxygen atoms in total. The number of ether oxygens (including phenoxy) is 2. The predicted octanol–water partition coefficient (Wildman–Crippen LogP) is 4.22. The van der Waals surface area contributed by atoms with Gasteiger partial charge in [-0.15, -0.1) is 13.2 Å². The van der Waals surface area contributed by atoms with E-state index in [9.17, 15) is 23.1 Å². The van der Waals surface area contributed by atoms with Gasteiger partial charge >= 0.3 is 12.4 Å². The van der Waals surface area contributed by atoms with Crippen LogP contribution in [0.3, 0.4) is 0 Å². The summed E-state index contributed by atoms with van der Waals surface area (Å²) >= 11 is 6.00. The fourth-order valence-corrected chi connectivity index (χ4v) is 4.01. The Bertz CT molecular complexity index is 1250. The molecule has 3 aromatic rings.